The molecular formula is C18H20N2O. The van der Waals surface area contributed by atoms with Gasteiger partial charge in [0.25, 0.3) is 0 Å². The van der Waals surface area contributed by atoms with Gasteiger partial charge in [-0.3, -0.25) is 0 Å². The van der Waals surface area contributed by atoms with Crippen LogP contribution in [0.2, 0.25) is 0 Å². The minimum Gasteiger partial charge on any atom is -0.479 e. The minimum absolute atomic E-state index is 0.0790. The summed E-state index contributed by atoms with van der Waals surface area (Å²) >= 11 is 0. The fraction of sp³-hybridized carbons (Fsp3) is 0.278. The van der Waals surface area contributed by atoms with Crippen molar-refractivity contribution in [2.24, 2.45) is 0 Å². The van der Waals surface area contributed by atoms with Crippen molar-refractivity contribution >= 4 is 5.69 Å². The number of ether oxygens (including phenoxy) is 1. The van der Waals surface area contributed by atoms with Gasteiger partial charge in [-0.25, -0.2) is 0 Å². The van der Waals surface area contributed by atoms with E-state index in [9.17, 15) is 0 Å². The van der Waals surface area contributed by atoms with Crippen molar-refractivity contribution in [1.29, 1.82) is 5.26 Å². The molecule has 0 fully saturated rings. The number of hydrogen-bond acceptors (Lipinski definition) is 3. The molecular weight excluding hydrogens is 260 g/mol. The summed E-state index contributed by atoms with van der Waals surface area (Å²) in [4.78, 5) is 0. The highest BCUT2D eigenvalue weighted by Crippen LogP contribution is 2.24. The first kappa shape index (κ1) is 14.9. The van der Waals surface area contributed by atoms with Crippen LogP contribution in [0, 0.1) is 25.2 Å². The molecule has 0 heterocycles. The van der Waals surface area contributed by atoms with Crippen molar-refractivity contribution in [3.63, 3.8) is 0 Å². The molecule has 0 aliphatic heterocycles. The van der Waals surface area contributed by atoms with E-state index in [0.29, 0.717) is 0 Å². The number of rotatable bonds is 5. The largest absolute Gasteiger partial charge is 0.479 e. The van der Waals surface area contributed by atoms with E-state index in [1.54, 1.807) is 0 Å². The number of anilines is 1. The minimum atomic E-state index is 0.0790. The average Bonchev–Trinajstić information content (AvgIpc) is 2.49. The summed E-state index contributed by atoms with van der Waals surface area (Å²) < 4.78 is 5.26. The molecule has 0 saturated carbocycles. The van der Waals surface area contributed by atoms with Crippen molar-refractivity contribution in [2.45, 2.75) is 26.8 Å². The zero-order valence-electron chi connectivity index (χ0n) is 12.7. The molecule has 2 aromatic carbocycles. The molecule has 0 spiro atoms. The summed E-state index contributed by atoms with van der Waals surface area (Å²) in [6, 6.07) is 16.4. The van der Waals surface area contributed by atoms with Crippen molar-refractivity contribution in [2.75, 3.05) is 11.9 Å². The van der Waals surface area contributed by atoms with Gasteiger partial charge in [-0.15, -0.1) is 0 Å². The molecule has 2 aromatic rings. The van der Waals surface area contributed by atoms with Gasteiger partial charge in [0, 0.05) is 11.7 Å². The molecule has 1 unspecified atom stereocenters. The van der Waals surface area contributed by atoms with Crippen LogP contribution in [0.15, 0.2) is 42.5 Å². The fourth-order valence-electron chi connectivity index (χ4n) is 2.18. The van der Waals surface area contributed by atoms with Crippen LogP contribution in [0.4, 0.5) is 5.69 Å². The molecule has 108 valence electrons. The lowest BCUT2D eigenvalue weighted by Crippen LogP contribution is -2.08. The first-order chi connectivity index (χ1) is 10.1. The van der Waals surface area contributed by atoms with Crippen molar-refractivity contribution in [1.82, 2.24) is 0 Å². The number of nitrogens with one attached hydrogen (secondary N) is 1. The van der Waals surface area contributed by atoms with Crippen LogP contribution in [-0.2, 0) is 0 Å². The number of benzene rings is 2. The Morgan fingerprint density at radius 2 is 1.86 bits per heavy atom. The van der Waals surface area contributed by atoms with E-state index in [2.05, 4.69) is 44.3 Å². The molecule has 3 heteroatoms. The van der Waals surface area contributed by atoms with E-state index in [4.69, 9.17) is 10.00 Å². The van der Waals surface area contributed by atoms with Crippen molar-refractivity contribution in [3.8, 4) is 11.8 Å². The van der Waals surface area contributed by atoms with Gasteiger partial charge in [-0.05, 0) is 55.7 Å². The molecule has 0 saturated heterocycles. The molecule has 0 amide bonds. The zero-order chi connectivity index (χ0) is 15.2. The Labute approximate surface area is 126 Å². The highest BCUT2D eigenvalue weighted by atomic mass is 16.5. The summed E-state index contributed by atoms with van der Waals surface area (Å²) in [5.74, 6) is 0.722. The van der Waals surface area contributed by atoms with E-state index < -0.39 is 0 Å². The van der Waals surface area contributed by atoms with Crippen LogP contribution >= 0.6 is 0 Å². The van der Waals surface area contributed by atoms with Crippen molar-refractivity contribution < 1.29 is 4.74 Å². The maximum atomic E-state index is 8.50. The smallest absolute Gasteiger partial charge is 0.174 e. The van der Waals surface area contributed by atoms with E-state index in [1.807, 2.05) is 30.3 Å². The molecule has 0 aliphatic carbocycles. The monoisotopic (exact) mass is 280 g/mol. The summed E-state index contributed by atoms with van der Waals surface area (Å²) in [7, 11) is 0. The number of hydrogen-bond donors (Lipinski definition) is 1. The van der Waals surface area contributed by atoms with Gasteiger partial charge in [0.15, 0.2) is 6.61 Å². The van der Waals surface area contributed by atoms with E-state index in [0.717, 1.165) is 11.4 Å². The molecule has 1 atom stereocenters. The van der Waals surface area contributed by atoms with Crippen LogP contribution in [0.25, 0.3) is 0 Å². The summed E-state index contributed by atoms with van der Waals surface area (Å²) in [6.07, 6.45) is 0. The maximum Gasteiger partial charge on any atom is 0.174 e. The Bertz CT molecular complexity index is 641. The zero-order valence-corrected chi connectivity index (χ0v) is 12.7. The number of nitrogens with zero attached hydrogens (tertiary/aromatic N) is 1. The standard InChI is InChI=1S/C18H20N2O/c1-13-4-5-14(2)18(12-13)20-15(3)16-6-8-17(9-7-16)21-11-10-19/h4-9,12,15,20H,11H2,1-3H3. The van der Waals surface area contributed by atoms with Gasteiger partial charge in [0.1, 0.15) is 11.8 Å². The normalized spacial score (nSPS) is 11.5. The second-order valence-electron chi connectivity index (χ2n) is 5.20. The fourth-order valence-corrected chi connectivity index (χ4v) is 2.18. The Hall–Kier alpha value is -2.47. The van der Waals surface area contributed by atoms with Crippen LogP contribution in [0.3, 0.4) is 0 Å². The average molecular weight is 280 g/mol. The lowest BCUT2D eigenvalue weighted by Gasteiger charge is -2.18. The van der Waals surface area contributed by atoms with E-state index in [-0.39, 0.29) is 12.6 Å². The van der Waals surface area contributed by atoms with Gasteiger partial charge in [0.05, 0.1) is 0 Å². The predicted molar refractivity (Wildman–Crippen MR) is 85.5 cm³/mol. The van der Waals surface area contributed by atoms with Crippen LogP contribution in [0.1, 0.15) is 29.7 Å². The van der Waals surface area contributed by atoms with Gasteiger partial charge in [-0.2, -0.15) is 5.26 Å². The quantitative estimate of drug-likeness (QED) is 0.884. The second-order valence-corrected chi connectivity index (χ2v) is 5.20. The molecule has 0 aromatic heterocycles. The third kappa shape index (κ3) is 4.00. The predicted octanol–water partition coefficient (Wildman–Crippen LogP) is 4.38. The highest BCUT2D eigenvalue weighted by Gasteiger charge is 2.07. The lowest BCUT2D eigenvalue weighted by atomic mass is 10.1. The number of aryl methyl sites for hydroxylation is 2. The maximum absolute atomic E-state index is 8.50. The number of nitriles is 1. The van der Waals surface area contributed by atoms with Crippen LogP contribution in [0.5, 0.6) is 5.75 Å². The summed E-state index contributed by atoms with van der Waals surface area (Å²) in [6.45, 7) is 6.41. The van der Waals surface area contributed by atoms with Crippen LogP contribution in [-0.4, -0.2) is 6.61 Å². The lowest BCUT2D eigenvalue weighted by molar-refractivity contribution is 0.368. The molecule has 3 nitrogen and oxygen atoms in total. The Morgan fingerprint density at radius 3 is 2.52 bits per heavy atom. The molecule has 0 aliphatic rings. The first-order valence-corrected chi connectivity index (χ1v) is 7.03. The topological polar surface area (TPSA) is 45.0 Å². The Kier molecular flexibility index (Phi) is 4.84. The van der Waals surface area contributed by atoms with Gasteiger partial charge in [-0.1, -0.05) is 24.3 Å². The second kappa shape index (κ2) is 6.81. The van der Waals surface area contributed by atoms with E-state index >= 15 is 0 Å². The SMILES string of the molecule is Cc1ccc(C)c(NC(C)c2ccc(OCC#N)cc2)c1. The molecule has 21 heavy (non-hydrogen) atoms. The Morgan fingerprint density at radius 1 is 1.14 bits per heavy atom. The van der Waals surface area contributed by atoms with Crippen molar-refractivity contribution in [3.05, 3.63) is 59.2 Å². The highest BCUT2D eigenvalue weighted by molar-refractivity contribution is 5.54. The molecule has 2 rings (SSSR count). The first-order valence-electron chi connectivity index (χ1n) is 7.03. The molecule has 1 N–H and O–H groups in total. The van der Waals surface area contributed by atoms with Gasteiger partial charge in [0.2, 0.25) is 0 Å². The Balaban J connectivity index is 2.08. The summed E-state index contributed by atoms with van der Waals surface area (Å²) in [5, 5.41) is 12.0. The third-order valence-corrected chi connectivity index (χ3v) is 3.45. The molecule has 0 bridgehead atoms. The third-order valence-electron chi connectivity index (χ3n) is 3.45. The summed E-state index contributed by atoms with van der Waals surface area (Å²) in [5.41, 5.74) is 4.82. The molecule has 0 radical (unpaired) electrons. The van der Waals surface area contributed by atoms with Gasteiger partial charge >= 0.3 is 0 Å². The van der Waals surface area contributed by atoms with Crippen LogP contribution < -0.4 is 10.1 Å². The van der Waals surface area contributed by atoms with Gasteiger partial charge < -0.3 is 10.1 Å². The van der Waals surface area contributed by atoms with E-state index in [1.165, 1.54) is 16.7 Å².